The van der Waals surface area contributed by atoms with E-state index in [-0.39, 0.29) is 11.7 Å². The molecule has 1 unspecified atom stereocenters. The van der Waals surface area contributed by atoms with Crippen molar-refractivity contribution < 1.29 is 4.79 Å². The molecule has 0 radical (unpaired) electrons. The van der Waals surface area contributed by atoms with E-state index in [0.717, 1.165) is 11.3 Å². The molecule has 96 valence electrons. The Balaban J connectivity index is 2.00. The molecule has 1 nitrogen and oxygen atoms in total. The number of hydrogen-bond acceptors (Lipinski definition) is 2. The van der Waals surface area contributed by atoms with E-state index in [1.54, 1.807) is 30.0 Å². The zero-order valence-corrected chi connectivity index (χ0v) is 12.2. The molecule has 0 saturated carbocycles. The van der Waals surface area contributed by atoms with Crippen molar-refractivity contribution in [1.29, 1.82) is 0 Å². The zero-order chi connectivity index (χ0) is 13.4. The fourth-order valence-electron chi connectivity index (χ4n) is 2.26. The van der Waals surface area contributed by atoms with Crippen molar-refractivity contribution in [2.24, 2.45) is 0 Å². The van der Waals surface area contributed by atoms with E-state index >= 15 is 0 Å². The van der Waals surface area contributed by atoms with Crippen LogP contribution in [0.1, 0.15) is 21.8 Å². The van der Waals surface area contributed by atoms with Gasteiger partial charge in [0.05, 0.1) is 16.0 Å². The van der Waals surface area contributed by atoms with Crippen LogP contribution in [0.15, 0.2) is 47.4 Å². The molecular weight excluding hydrogens is 299 g/mol. The summed E-state index contributed by atoms with van der Waals surface area (Å²) in [4.78, 5) is 13.8. The van der Waals surface area contributed by atoms with Crippen LogP contribution in [0.3, 0.4) is 0 Å². The van der Waals surface area contributed by atoms with Gasteiger partial charge in [0.15, 0.2) is 5.78 Å². The minimum Gasteiger partial charge on any atom is -0.293 e. The van der Waals surface area contributed by atoms with Crippen molar-refractivity contribution in [3.8, 4) is 0 Å². The Morgan fingerprint density at radius 2 is 1.89 bits per heavy atom. The molecule has 0 saturated heterocycles. The average molecular weight is 309 g/mol. The summed E-state index contributed by atoms with van der Waals surface area (Å²) in [5, 5.41) is 0.773. The maximum atomic E-state index is 12.6. The topological polar surface area (TPSA) is 17.1 Å². The van der Waals surface area contributed by atoms with Crippen LogP contribution >= 0.6 is 35.0 Å². The fraction of sp³-hybridized carbons (Fsp3) is 0.133. The van der Waals surface area contributed by atoms with E-state index in [1.165, 1.54) is 4.90 Å². The molecule has 19 heavy (non-hydrogen) atoms. The number of benzene rings is 2. The van der Waals surface area contributed by atoms with Crippen molar-refractivity contribution in [2.75, 3.05) is 5.75 Å². The maximum absolute atomic E-state index is 12.6. The average Bonchev–Trinajstić information content (AvgIpc) is 2.85. The van der Waals surface area contributed by atoms with E-state index in [2.05, 4.69) is 0 Å². The Hall–Kier alpha value is -0.960. The van der Waals surface area contributed by atoms with Crippen LogP contribution < -0.4 is 0 Å². The van der Waals surface area contributed by atoms with Crippen LogP contribution in [0.5, 0.6) is 0 Å². The molecule has 2 aromatic carbocycles. The van der Waals surface area contributed by atoms with E-state index in [4.69, 9.17) is 23.2 Å². The van der Waals surface area contributed by atoms with Crippen LogP contribution in [0.2, 0.25) is 10.0 Å². The molecule has 3 rings (SSSR count). The third-order valence-electron chi connectivity index (χ3n) is 3.23. The van der Waals surface area contributed by atoms with Gasteiger partial charge in [-0.15, -0.1) is 11.8 Å². The molecule has 1 aliphatic heterocycles. The minimum absolute atomic E-state index is 0.0463. The smallest absolute Gasteiger partial charge is 0.172 e. The molecule has 0 spiro atoms. The summed E-state index contributed by atoms with van der Waals surface area (Å²) in [6.07, 6.45) is 0. The first-order chi connectivity index (χ1) is 9.18. The van der Waals surface area contributed by atoms with Crippen molar-refractivity contribution in [3.63, 3.8) is 0 Å². The largest absolute Gasteiger partial charge is 0.293 e. The highest BCUT2D eigenvalue weighted by atomic mass is 35.5. The second kappa shape index (κ2) is 5.20. The highest BCUT2D eigenvalue weighted by Crippen LogP contribution is 2.42. The van der Waals surface area contributed by atoms with Crippen molar-refractivity contribution in [3.05, 3.63) is 63.6 Å². The number of carbonyl (C=O) groups is 1. The normalized spacial score (nSPS) is 17.3. The minimum atomic E-state index is -0.128. The lowest BCUT2D eigenvalue weighted by atomic mass is 9.92. The number of ketones is 1. The Morgan fingerprint density at radius 3 is 2.74 bits per heavy atom. The van der Waals surface area contributed by atoms with Crippen LogP contribution in [0, 0.1) is 0 Å². The molecule has 1 aliphatic rings. The molecule has 1 heterocycles. The zero-order valence-electron chi connectivity index (χ0n) is 9.90. The molecule has 1 atom stereocenters. The molecule has 2 aromatic rings. The number of Topliss-reactive ketones (excluding diaryl/α,β-unsaturated/α-hetero) is 1. The number of fused-ring (bicyclic) bond motifs is 1. The summed E-state index contributed by atoms with van der Waals surface area (Å²) in [6.45, 7) is 0. The number of thioether (sulfide) groups is 1. The number of halogens is 2. The van der Waals surface area contributed by atoms with Gasteiger partial charge in [0, 0.05) is 16.2 Å². The van der Waals surface area contributed by atoms with Gasteiger partial charge >= 0.3 is 0 Å². The Kier molecular flexibility index (Phi) is 3.57. The van der Waals surface area contributed by atoms with Gasteiger partial charge in [-0.3, -0.25) is 4.79 Å². The summed E-state index contributed by atoms with van der Waals surface area (Å²) >= 11 is 13.8. The molecule has 0 N–H and O–H groups in total. The third-order valence-corrected chi connectivity index (χ3v) is 5.24. The van der Waals surface area contributed by atoms with Gasteiger partial charge in [-0.05, 0) is 23.8 Å². The van der Waals surface area contributed by atoms with Gasteiger partial charge in [-0.2, -0.15) is 0 Å². The van der Waals surface area contributed by atoms with Crippen LogP contribution in [0.25, 0.3) is 0 Å². The molecule has 4 heteroatoms. The molecule has 0 aliphatic carbocycles. The lowest BCUT2D eigenvalue weighted by Gasteiger charge is -2.11. The fourth-order valence-corrected chi connectivity index (χ4v) is 3.88. The quantitative estimate of drug-likeness (QED) is 0.721. The van der Waals surface area contributed by atoms with Gasteiger partial charge < -0.3 is 0 Å². The number of rotatable bonds is 2. The lowest BCUT2D eigenvalue weighted by Crippen LogP contribution is -2.13. The van der Waals surface area contributed by atoms with E-state index in [1.807, 2.05) is 24.3 Å². The van der Waals surface area contributed by atoms with Crippen molar-refractivity contribution in [1.82, 2.24) is 0 Å². The van der Waals surface area contributed by atoms with Crippen LogP contribution in [-0.2, 0) is 0 Å². The summed E-state index contributed by atoms with van der Waals surface area (Å²) < 4.78 is 0. The molecule has 0 bridgehead atoms. The van der Waals surface area contributed by atoms with Gasteiger partial charge in [-0.25, -0.2) is 0 Å². The summed E-state index contributed by atoms with van der Waals surface area (Å²) in [6, 6.07) is 13.2. The van der Waals surface area contributed by atoms with Gasteiger partial charge in [-0.1, -0.05) is 47.5 Å². The van der Waals surface area contributed by atoms with Gasteiger partial charge in [0.1, 0.15) is 0 Å². The lowest BCUT2D eigenvalue weighted by molar-refractivity contribution is 0.0968. The predicted octanol–water partition coefficient (Wildman–Crippen LogP) is 5.07. The first-order valence-corrected chi connectivity index (χ1v) is 7.62. The van der Waals surface area contributed by atoms with Crippen molar-refractivity contribution in [2.45, 2.75) is 10.8 Å². The maximum Gasteiger partial charge on any atom is 0.172 e. The Labute approximate surface area is 125 Å². The second-order valence-electron chi connectivity index (χ2n) is 4.37. The molecular formula is C15H10Cl2OS. The number of hydrogen-bond donors (Lipinski definition) is 0. The molecule has 0 aromatic heterocycles. The van der Waals surface area contributed by atoms with E-state index < -0.39 is 0 Å². The Morgan fingerprint density at radius 1 is 1.11 bits per heavy atom. The van der Waals surface area contributed by atoms with Crippen LogP contribution in [-0.4, -0.2) is 11.5 Å². The molecule has 0 fully saturated rings. The second-order valence-corrected chi connectivity index (χ2v) is 6.21. The monoisotopic (exact) mass is 308 g/mol. The summed E-state index contributed by atoms with van der Waals surface area (Å²) in [5.74, 6) is 0.684. The molecule has 0 amide bonds. The van der Waals surface area contributed by atoms with E-state index in [0.29, 0.717) is 15.6 Å². The first kappa shape index (κ1) is 13.0. The first-order valence-electron chi connectivity index (χ1n) is 5.88. The third kappa shape index (κ3) is 2.29. The van der Waals surface area contributed by atoms with E-state index in [9.17, 15) is 4.79 Å². The van der Waals surface area contributed by atoms with Gasteiger partial charge in [0.25, 0.3) is 0 Å². The van der Waals surface area contributed by atoms with Crippen LogP contribution in [0.4, 0.5) is 0 Å². The van der Waals surface area contributed by atoms with Crippen molar-refractivity contribution >= 4 is 40.7 Å². The van der Waals surface area contributed by atoms with Gasteiger partial charge in [0.2, 0.25) is 0 Å². The summed E-state index contributed by atoms with van der Waals surface area (Å²) in [5.41, 5.74) is 1.60. The highest BCUT2D eigenvalue weighted by Gasteiger charge is 2.30. The SMILES string of the molecule is O=C(c1cccc(Cl)c1Cl)C1CSc2ccccc21. The summed E-state index contributed by atoms with van der Waals surface area (Å²) in [7, 11) is 0. The predicted molar refractivity (Wildman–Crippen MR) is 80.7 cm³/mol. The number of carbonyl (C=O) groups excluding carboxylic acids is 1. The Bertz CT molecular complexity index is 654. The highest BCUT2D eigenvalue weighted by molar-refractivity contribution is 7.99. The standard InChI is InChI=1S/C15H10Cl2OS/c16-12-6-3-5-10(14(12)17)15(18)11-8-19-13-7-2-1-4-9(11)13/h1-7,11H,8H2.